The molecule has 8 heteroatoms. The number of hydrogen-bond acceptors (Lipinski definition) is 5. The monoisotopic (exact) mass is 472 g/mol. The molecule has 0 saturated carbocycles. The van der Waals surface area contributed by atoms with Gasteiger partial charge in [0, 0.05) is 41.7 Å². The van der Waals surface area contributed by atoms with E-state index in [-0.39, 0.29) is 23.8 Å². The average Bonchev–Trinajstić information content (AvgIpc) is 3.31. The van der Waals surface area contributed by atoms with E-state index in [9.17, 15) is 14.4 Å². The predicted molar refractivity (Wildman–Crippen MR) is 133 cm³/mol. The molecular weight excluding hydrogens is 448 g/mol. The highest BCUT2D eigenvalue weighted by molar-refractivity contribution is 7.10. The zero-order chi connectivity index (χ0) is 23.8. The van der Waals surface area contributed by atoms with Gasteiger partial charge in [0.1, 0.15) is 0 Å². The van der Waals surface area contributed by atoms with Gasteiger partial charge in [-0.15, -0.1) is 11.3 Å². The minimum Gasteiger partial charge on any atom is -0.334 e. The number of carbonyl (C=O) groups excluding carboxylic acids is 2. The Bertz CT molecular complexity index is 1490. The second kappa shape index (κ2) is 8.87. The van der Waals surface area contributed by atoms with Crippen molar-refractivity contribution in [3.63, 3.8) is 0 Å². The second-order valence-corrected chi connectivity index (χ2v) is 9.47. The van der Waals surface area contributed by atoms with Crippen LogP contribution in [0, 0.1) is 6.92 Å². The predicted octanol–water partition coefficient (Wildman–Crippen LogP) is 3.68. The molecule has 0 saturated heterocycles. The molecule has 0 fully saturated rings. The molecule has 4 aromatic rings. The molecule has 34 heavy (non-hydrogen) atoms. The second-order valence-electron chi connectivity index (χ2n) is 8.47. The van der Waals surface area contributed by atoms with Crippen molar-refractivity contribution in [2.24, 2.45) is 7.05 Å². The van der Waals surface area contributed by atoms with Crippen molar-refractivity contribution in [3.05, 3.63) is 91.5 Å². The molecule has 0 aliphatic carbocycles. The summed E-state index contributed by atoms with van der Waals surface area (Å²) in [5, 5.41) is 10.5. The number of nitrogens with one attached hydrogen (secondary N) is 1. The molecule has 5 rings (SSSR count). The van der Waals surface area contributed by atoms with Crippen molar-refractivity contribution in [3.8, 4) is 0 Å². The van der Waals surface area contributed by atoms with E-state index in [4.69, 9.17) is 0 Å². The van der Waals surface area contributed by atoms with Gasteiger partial charge in [-0.25, -0.2) is 4.68 Å². The van der Waals surface area contributed by atoms with Gasteiger partial charge >= 0.3 is 0 Å². The molecule has 1 aliphatic heterocycles. The third kappa shape index (κ3) is 4.01. The first-order valence-electron chi connectivity index (χ1n) is 11.1. The van der Waals surface area contributed by atoms with Crippen LogP contribution in [0.3, 0.4) is 0 Å². The van der Waals surface area contributed by atoms with E-state index >= 15 is 0 Å². The summed E-state index contributed by atoms with van der Waals surface area (Å²) >= 11 is 1.74. The molecule has 172 valence electrons. The van der Waals surface area contributed by atoms with Gasteiger partial charge in [0.05, 0.1) is 17.5 Å². The van der Waals surface area contributed by atoms with Crippen LogP contribution in [0.25, 0.3) is 10.8 Å². The highest BCUT2D eigenvalue weighted by Gasteiger charge is 2.24. The number of fused-ring (bicyclic) bond motifs is 2. The van der Waals surface area contributed by atoms with E-state index in [1.54, 1.807) is 54.8 Å². The Labute approximate surface area is 200 Å². The van der Waals surface area contributed by atoms with Crippen LogP contribution in [0.4, 0.5) is 5.69 Å². The van der Waals surface area contributed by atoms with Crippen LogP contribution in [-0.4, -0.2) is 33.0 Å². The number of carbonyl (C=O) groups is 2. The van der Waals surface area contributed by atoms with Crippen molar-refractivity contribution in [1.82, 2.24) is 14.7 Å². The third-order valence-corrected chi connectivity index (χ3v) is 7.32. The zero-order valence-electron chi connectivity index (χ0n) is 19.0. The standard InChI is InChI=1S/C26H24N4O3S/c1-16-18(26(33)30-12-10-23-17(15-30)11-13-34-23)8-5-9-21(16)27-24(31)14-22-19-6-3-4-7-20(19)25(32)29(2)28-22/h3-9,11,13H,10,12,14-15H2,1-2H3,(H,27,31). The first-order valence-corrected chi connectivity index (χ1v) is 12.0. The molecule has 0 unspecified atom stereocenters. The highest BCUT2D eigenvalue weighted by atomic mass is 32.1. The molecule has 3 heterocycles. The maximum Gasteiger partial charge on any atom is 0.274 e. The first-order chi connectivity index (χ1) is 16.4. The van der Waals surface area contributed by atoms with Crippen LogP contribution < -0.4 is 10.9 Å². The molecule has 0 atom stereocenters. The van der Waals surface area contributed by atoms with Crippen molar-refractivity contribution in [2.45, 2.75) is 26.3 Å². The molecule has 2 amide bonds. The summed E-state index contributed by atoms with van der Waals surface area (Å²) in [5.74, 6) is -0.291. The Morgan fingerprint density at radius 1 is 1.09 bits per heavy atom. The summed E-state index contributed by atoms with van der Waals surface area (Å²) in [6, 6.07) is 14.6. The van der Waals surface area contributed by atoms with Gasteiger partial charge < -0.3 is 10.2 Å². The first kappa shape index (κ1) is 22.0. The fourth-order valence-electron chi connectivity index (χ4n) is 4.45. The maximum atomic E-state index is 13.3. The smallest absolute Gasteiger partial charge is 0.274 e. The largest absolute Gasteiger partial charge is 0.334 e. The van der Waals surface area contributed by atoms with Gasteiger partial charge in [0.25, 0.3) is 11.5 Å². The number of aromatic nitrogens is 2. The maximum absolute atomic E-state index is 13.3. The number of anilines is 1. The quantitative estimate of drug-likeness (QED) is 0.491. The Morgan fingerprint density at radius 2 is 1.88 bits per heavy atom. The van der Waals surface area contributed by atoms with Gasteiger partial charge in [-0.3, -0.25) is 14.4 Å². The van der Waals surface area contributed by atoms with Crippen molar-refractivity contribution in [2.75, 3.05) is 11.9 Å². The van der Waals surface area contributed by atoms with Crippen LogP contribution in [0.1, 0.15) is 32.1 Å². The molecule has 7 nitrogen and oxygen atoms in total. The van der Waals surface area contributed by atoms with E-state index in [0.717, 1.165) is 12.0 Å². The van der Waals surface area contributed by atoms with Crippen LogP contribution in [0.2, 0.25) is 0 Å². The molecule has 2 aromatic carbocycles. The Hall–Kier alpha value is -3.78. The fraction of sp³-hybridized carbons (Fsp3) is 0.231. The van der Waals surface area contributed by atoms with E-state index in [1.807, 2.05) is 17.9 Å². The Kier molecular flexibility index (Phi) is 5.75. The number of nitrogens with zero attached hydrogens (tertiary/aromatic N) is 3. The molecule has 2 aromatic heterocycles. The molecule has 0 spiro atoms. The van der Waals surface area contributed by atoms with Crippen molar-refractivity contribution >= 4 is 39.6 Å². The molecule has 0 bridgehead atoms. The van der Waals surface area contributed by atoms with E-state index in [2.05, 4.69) is 21.9 Å². The zero-order valence-corrected chi connectivity index (χ0v) is 19.8. The van der Waals surface area contributed by atoms with E-state index < -0.39 is 0 Å². The molecule has 0 radical (unpaired) electrons. The normalized spacial score (nSPS) is 13.1. The van der Waals surface area contributed by atoms with E-state index in [0.29, 0.717) is 40.8 Å². The SMILES string of the molecule is Cc1c(NC(=O)Cc2nn(C)c(=O)c3ccccc23)cccc1C(=O)N1CCc2sccc2C1. The lowest BCUT2D eigenvalue weighted by Gasteiger charge is -2.28. The van der Waals surface area contributed by atoms with Crippen LogP contribution in [0.15, 0.2) is 58.7 Å². The Balaban J connectivity index is 1.36. The summed E-state index contributed by atoms with van der Waals surface area (Å²) in [6.07, 6.45) is 0.883. The summed E-state index contributed by atoms with van der Waals surface area (Å²) in [5.41, 5.74) is 3.45. The number of benzene rings is 2. The molecule has 1 N–H and O–H groups in total. The topological polar surface area (TPSA) is 84.3 Å². The lowest BCUT2D eigenvalue weighted by molar-refractivity contribution is -0.115. The highest BCUT2D eigenvalue weighted by Crippen LogP contribution is 2.27. The molecular formula is C26H24N4O3S. The average molecular weight is 473 g/mol. The lowest BCUT2D eigenvalue weighted by Crippen LogP contribution is -2.35. The summed E-state index contributed by atoms with van der Waals surface area (Å²) in [4.78, 5) is 41.8. The molecule has 1 aliphatic rings. The summed E-state index contributed by atoms with van der Waals surface area (Å²) < 4.78 is 1.26. The van der Waals surface area contributed by atoms with Gasteiger partial charge in [0.15, 0.2) is 0 Å². The fourth-order valence-corrected chi connectivity index (χ4v) is 5.34. The summed E-state index contributed by atoms with van der Waals surface area (Å²) in [6.45, 7) is 3.15. The van der Waals surface area contributed by atoms with Crippen LogP contribution in [0.5, 0.6) is 0 Å². The minimum absolute atomic E-state index is 0.0132. The van der Waals surface area contributed by atoms with Crippen molar-refractivity contribution in [1.29, 1.82) is 0 Å². The summed E-state index contributed by atoms with van der Waals surface area (Å²) in [7, 11) is 1.58. The lowest BCUT2D eigenvalue weighted by atomic mass is 10.0. The van der Waals surface area contributed by atoms with Gasteiger partial charge in [-0.05, 0) is 54.1 Å². The van der Waals surface area contributed by atoms with Crippen molar-refractivity contribution < 1.29 is 9.59 Å². The number of hydrogen-bond donors (Lipinski definition) is 1. The number of amides is 2. The minimum atomic E-state index is -0.259. The number of rotatable bonds is 4. The van der Waals surface area contributed by atoms with Gasteiger partial charge in [-0.2, -0.15) is 5.10 Å². The van der Waals surface area contributed by atoms with Crippen LogP contribution >= 0.6 is 11.3 Å². The van der Waals surface area contributed by atoms with E-state index in [1.165, 1.54) is 15.1 Å². The Morgan fingerprint density at radius 3 is 2.71 bits per heavy atom. The van der Waals surface area contributed by atoms with Gasteiger partial charge in [-0.1, -0.05) is 24.3 Å². The third-order valence-electron chi connectivity index (χ3n) is 6.29. The van der Waals surface area contributed by atoms with Gasteiger partial charge in [0.2, 0.25) is 5.91 Å². The number of thiophene rings is 1. The number of aryl methyl sites for hydroxylation is 1. The van der Waals surface area contributed by atoms with Crippen LogP contribution in [-0.2, 0) is 31.2 Å².